The number of hydrogen-bond donors (Lipinski definition) is 0. The molecule has 1 aliphatic carbocycles. The van der Waals surface area contributed by atoms with E-state index in [0.717, 1.165) is 12.2 Å². The molecular formula is C7H5F4. The number of hydrogen-bond acceptors (Lipinski definition) is 0. The maximum absolute atomic E-state index is 12.4. The van der Waals surface area contributed by atoms with E-state index in [9.17, 15) is 17.6 Å². The third-order valence-corrected chi connectivity index (χ3v) is 1.28. The molecule has 0 bridgehead atoms. The summed E-state index contributed by atoms with van der Waals surface area (Å²) >= 11 is 0. The van der Waals surface area contributed by atoms with Crippen molar-refractivity contribution in [1.29, 1.82) is 0 Å². The van der Waals surface area contributed by atoms with Crippen LogP contribution in [0.1, 0.15) is 6.42 Å². The van der Waals surface area contributed by atoms with Gasteiger partial charge in [-0.25, -0.2) is 4.39 Å². The third-order valence-electron chi connectivity index (χ3n) is 1.28. The van der Waals surface area contributed by atoms with E-state index in [4.69, 9.17) is 0 Å². The highest BCUT2D eigenvalue weighted by Crippen LogP contribution is 2.34. The zero-order valence-corrected chi connectivity index (χ0v) is 5.45. The van der Waals surface area contributed by atoms with Gasteiger partial charge in [0.2, 0.25) is 0 Å². The molecule has 11 heavy (non-hydrogen) atoms. The Balaban J connectivity index is 2.87. The normalized spacial score (nSPS) is 19.3. The Morgan fingerprint density at radius 1 is 1.27 bits per heavy atom. The number of rotatable bonds is 0. The first-order valence-electron chi connectivity index (χ1n) is 2.98. The molecular weight excluding hydrogens is 160 g/mol. The Morgan fingerprint density at radius 3 is 2.27 bits per heavy atom. The van der Waals surface area contributed by atoms with Gasteiger partial charge in [0.05, 0.1) is 5.57 Å². The Kier molecular flexibility index (Phi) is 2.02. The fourth-order valence-electron chi connectivity index (χ4n) is 0.796. The summed E-state index contributed by atoms with van der Waals surface area (Å²) in [6.45, 7) is 0. The van der Waals surface area contributed by atoms with Crippen molar-refractivity contribution in [3.8, 4) is 0 Å². The van der Waals surface area contributed by atoms with Crippen molar-refractivity contribution in [2.75, 3.05) is 0 Å². The van der Waals surface area contributed by atoms with Crippen LogP contribution < -0.4 is 0 Å². The fraction of sp³-hybridized carbons (Fsp3) is 0.286. The van der Waals surface area contributed by atoms with Crippen molar-refractivity contribution in [2.24, 2.45) is 0 Å². The number of allylic oxidation sites excluding steroid dienone is 4. The summed E-state index contributed by atoms with van der Waals surface area (Å²) in [6.07, 6.45) is -1.42. The molecule has 0 heterocycles. The lowest BCUT2D eigenvalue weighted by molar-refractivity contribution is -0.0914. The topological polar surface area (TPSA) is 0 Å². The van der Waals surface area contributed by atoms with Gasteiger partial charge in [-0.2, -0.15) is 13.2 Å². The lowest BCUT2D eigenvalue weighted by atomic mass is 10.1. The van der Waals surface area contributed by atoms with E-state index in [-0.39, 0.29) is 6.42 Å². The summed E-state index contributed by atoms with van der Waals surface area (Å²) in [4.78, 5) is 0. The molecule has 0 atom stereocenters. The standard InChI is InChI=1S/C7H5F4/c8-6-4-2-1-3-5(6)7(9,10)11/h2-4H,1H2. The predicted molar refractivity (Wildman–Crippen MR) is 32.2 cm³/mol. The first-order valence-corrected chi connectivity index (χ1v) is 2.98. The van der Waals surface area contributed by atoms with Crippen molar-refractivity contribution in [3.63, 3.8) is 0 Å². The van der Waals surface area contributed by atoms with Crippen LogP contribution in [0, 0.1) is 6.42 Å². The smallest absolute Gasteiger partial charge is 0.207 e. The zero-order chi connectivity index (χ0) is 8.48. The van der Waals surface area contributed by atoms with Crippen LogP contribution in [0.25, 0.3) is 0 Å². The Bertz CT molecular complexity index is 209. The Labute approximate surface area is 61.2 Å². The highest BCUT2D eigenvalue weighted by Gasteiger charge is 2.36. The average molecular weight is 165 g/mol. The summed E-state index contributed by atoms with van der Waals surface area (Å²) in [7, 11) is 0. The molecule has 0 aromatic rings. The monoisotopic (exact) mass is 165 g/mol. The highest BCUT2D eigenvalue weighted by molar-refractivity contribution is 5.35. The number of alkyl halides is 3. The molecule has 1 radical (unpaired) electrons. The average Bonchev–Trinajstić information content (AvgIpc) is 1.86. The van der Waals surface area contributed by atoms with E-state index in [2.05, 4.69) is 0 Å². The van der Waals surface area contributed by atoms with Crippen LogP contribution in [0.2, 0.25) is 0 Å². The van der Waals surface area contributed by atoms with Crippen LogP contribution >= 0.6 is 0 Å². The van der Waals surface area contributed by atoms with Gasteiger partial charge in [0.15, 0.2) is 0 Å². The van der Waals surface area contributed by atoms with E-state index in [1.54, 1.807) is 0 Å². The molecule has 0 spiro atoms. The van der Waals surface area contributed by atoms with Crippen LogP contribution in [0.4, 0.5) is 17.6 Å². The van der Waals surface area contributed by atoms with Crippen LogP contribution in [0.3, 0.4) is 0 Å². The minimum absolute atomic E-state index is 0.141. The van der Waals surface area contributed by atoms with Crippen LogP contribution in [-0.2, 0) is 0 Å². The quantitative estimate of drug-likeness (QED) is 0.484. The first kappa shape index (κ1) is 8.30. The van der Waals surface area contributed by atoms with Gasteiger partial charge >= 0.3 is 6.18 Å². The summed E-state index contributed by atoms with van der Waals surface area (Å²) in [5, 5.41) is 0. The van der Waals surface area contributed by atoms with Crippen LogP contribution in [0.5, 0.6) is 0 Å². The molecule has 1 rings (SSSR count). The number of halogens is 4. The fourth-order valence-corrected chi connectivity index (χ4v) is 0.796. The lowest BCUT2D eigenvalue weighted by Gasteiger charge is -2.12. The van der Waals surface area contributed by atoms with E-state index in [1.807, 2.05) is 0 Å². The first-order chi connectivity index (χ1) is 5.02. The van der Waals surface area contributed by atoms with Crippen LogP contribution in [-0.4, -0.2) is 6.18 Å². The Morgan fingerprint density at radius 2 is 1.91 bits per heavy atom. The zero-order valence-electron chi connectivity index (χ0n) is 5.45. The molecule has 1 aliphatic rings. The van der Waals surface area contributed by atoms with Gasteiger partial charge in [-0.3, -0.25) is 0 Å². The molecule has 0 saturated heterocycles. The molecule has 0 saturated carbocycles. The van der Waals surface area contributed by atoms with Gasteiger partial charge in [-0.1, -0.05) is 6.08 Å². The SMILES string of the molecule is FC1=C[CH]CC=C1C(F)(F)F. The van der Waals surface area contributed by atoms with Gasteiger partial charge in [-0.05, 0) is 18.9 Å². The molecule has 0 nitrogen and oxygen atoms in total. The summed E-state index contributed by atoms with van der Waals surface area (Å²) in [6, 6.07) is 0. The second-order valence-corrected chi connectivity index (χ2v) is 2.10. The molecule has 0 aromatic carbocycles. The molecule has 0 aliphatic heterocycles. The van der Waals surface area contributed by atoms with Gasteiger partial charge < -0.3 is 0 Å². The maximum Gasteiger partial charge on any atom is 0.418 e. The molecule has 61 valence electrons. The lowest BCUT2D eigenvalue weighted by Crippen LogP contribution is -2.13. The largest absolute Gasteiger partial charge is 0.418 e. The second kappa shape index (κ2) is 2.68. The van der Waals surface area contributed by atoms with Gasteiger partial charge in [0.25, 0.3) is 0 Å². The van der Waals surface area contributed by atoms with E-state index in [0.29, 0.717) is 0 Å². The minimum Gasteiger partial charge on any atom is -0.207 e. The van der Waals surface area contributed by atoms with E-state index >= 15 is 0 Å². The van der Waals surface area contributed by atoms with E-state index < -0.39 is 17.6 Å². The van der Waals surface area contributed by atoms with Crippen molar-refractivity contribution in [1.82, 2.24) is 0 Å². The summed E-state index contributed by atoms with van der Waals surface area (Å²) in [5.74, 6) is -1.20. The maximum atomic E-state index is 12.4. The predicted octanol–water partition coefficient (Wildman–Crippen LogP) is 2.94. The summed E-state index contributed by atoms with van der Waals surface area (Å²) in [5.41, 5.74) is -1.17. The summed E-state index contributed by atoms with van der Waals surface area (Å²) < 4.78 is 47.9. The van der Waals surface area contributed by atoms with Crippen molar-refractivity contribution in [3.05, 3.63) is 30.0 Å². The minimum atomic E-state index is -4.56. The van der Waals surface area contributed by atoms with Gasteiger partial charge in [0, 0.05) is 0 Å². The molecule has 4 heteroatoms. The van der Waals surface area contributed by atoms with E-state index in [1.165, 1.54) is 6.42 Å². The highest BCUT2D eigenvalue weighted by atomic mass is 19.4. The molecule has 0 N–H and O–H groups in total. The van der Waals surface area contributed by atoms with Gasteiger partial charge in [0.1, 0.15) is 5.83 Å². The molecule has 0 aromatic heterocycles. The second-order valence-electron chi connectivity index (χ2n) is 2.10. The Hall–Kier alpha value is -0.800. The molecule has 0 amide bonds. The van der Waals surface area contributed by atoms with Crippen molar-refractivity contribution in [2.45, 2.75) is 12.6 Å². The third kappa shape index (κ3) is 1.82. The van der Waals surface area contributed by atoms with Gasteiger partial charge in [-0.15, -0.1) is 0 Å². The van der Waals surface area contributed by atoms with Crippen molar-refractivity contribution < 1.29 is 17.6 Å². The van der Waals surface area contributed by atoms with Crippen molar-refractivity contribution >= 4 is 0 Å². The molecule has 0 unspecified atom stereocenters. The van der Waals surface area contributed by atoms with Crippen LogP contribution in [0.15, 0.2) is 23.6 Å². The molecule has 0 fully saturated rings.